The van der Waals surface area contributed by atoms with Crippen LogP contribution in [0.4, 0.5) is 0 Å². The molecule has 0 N–H and O–H groups in total. The van der Waals surface area contributed by atoms with Crippen LogP contribution >= 0.6 is 0 Å². The molecule has 0 aliphatic carbocycles. The van der Waals surface area contributed by atoms with E-state index in [1.54, 1.807) is 6.08 Å². The summed E-state index contributed by atoms with van der Waals surface area (Å²) in [5.74, 6) is 0.642. The molecular formula is C18H19NO2. The van der Waals surface area contributed by atoms with Crippen molar-refractivity contribution in [2.75, 3.05) is 0 Å². The number of para-hydroxylation sites is 1. The molecule has 0 saturated heterocycles. The third kappa shape index (κ3) is 2.90. The van der Waals surface area contributed by atoms with Gasteiger partial charge in [0.05, 0.1) is 5.57 Å². The quantitative estimate of drug-likeness (QED) is 0.614. The largest absolute Gasteiger partial charge is 0.460 e. The molecule has 108 valence electrons. The summed E-state index contributed by atoms with van der Waals surface area (Å²) < 4.78 is 5.79. The van der Waals surface area contributed by atoms with Gasteiger partial charge in [-0.3, -0.25) is 4.79 Å². The number of furan rings is 1. The van der Waals surface area contributed by atoms with Crippen molar-refractivity contribution in [3.8, 4) is 6.07 Å². The molecule has 2 rings (SSSR count). The SMILES string of the molecule is CCc1oc2ccccc2c1/C=C(\C#N)C(=O)C(C)(C)C. The van der Waals surface area contributed by atoms with Crippen LogP contribution in [0.25, 0.3) is 17.0 Å². The zero-order chi connectivity index (χ0) is 15.6. The average Bonchev–Trinajstić information content (AvgIpc) is 2.80. The maximum Gasteiger partial charge on any atom is 0.178 e. The van der Waals surface area contributed by atoms with E-state index < -0.39 is 5.41 Å². The summed E-state index contributed by atoms with van der Waals surface area (Å²) >= 11 is 0. The Balaban J connectivity index is 2.63. The number of Topliss-reactive ketones (excluding diaryl/α,β-unsaturated/α-hetero) is 1. The first kappa shape index (κ1) is 15.1. The standard InChI is InChI=1S/C18H19NO2/c1-5-15-14(13-8-6-7-9-16(13)21-15)10-12(11-19)17(20)18(2,3)4/h6-10H,5H2,1-4H3/b12-10+. The molecular weight excluding hydrogens is 262 g/mol. The minimum Gasteiger partial charge on any atom is -0.460 e. The third-order valence-corrected chi connectivity index (χ3v) is 3.37. The minimum atomic E-state index is -0.576. The van der Waals surface area contributed by atoms with E-state index in [0.29, 0.717) is 6.42 Å². The highest BCUT2D eigenvalue weighted by Crippen LogP contribution is 2.30. The van der Waals surface area contributed by atoms with Crippen LogP contribution in [0.2, 0.25) is 0 Å². The number of hydrogen-bond acceptors (Lipinski definition) is 3. The van der Waals surface area contributed by atoms with Crippen LogP contribution < -0.4 is 0 Å². The summed E-state index contributed by atoms with van der Waals surface area (Å²) in [7, 11) is 0. The van der Waals surface area contributed by atoms with Gasteiger partial charge in [-0.05, 0) is 12.1 Å². The molecule has 0 spiro atoms. The van der Waals surface area contributed by atoms with Crippen molar-refractivity contribution in [3.05, 3.63) is 41.2 Å². The average molecular weight is 281 g/mol. The van der Waals surface area contributed by atoms with Crippen LogP contribution in [-0.2, 0) is 11.2 Å². The van der Waals surface area contributed by atoms with Crippen molar-refractivity contribution in [3.63, 3.8) is 0 Å². The second-order valence-corrected chi connectivity index (χ2v) is 6.04. The number of nitriles is 1. The molecule has 0 radical (unpaired) electrons. The summed E-state index contributed by atoms with van der Waals surface area (Å²) in [5, 5.41) is 10.3. The van der Waals surface area contributed by atoms with Crippen molar-refractivity contribution >= 4 is 22.8 Å². The number of aryl methyl sites for hydroxylation is 1. The molecule has 2 aromatic rings. The van der Waals surface area contributed by atoms with Crippen molar-refractivity contribution in [2.45, 2.75) is 34.1 Å². The molecule has 0 fully saturated rings. The fraction of sp³-hybridized carbons (Fsp3) is 0.333. The lowest BCUT2D eigenvalue weighted by Crippen LogP contribution is -2.21. The number of nitrogens with zero attached hydrogens (tertiary/aromatic N) is 1. The molecule has 0 aliphatic rings. The first-order valence-corrected chi connectivity index (χ1v) is 7.05. The smallest absolute Gasteiger partial charge is 0.178 e. The van der Waals surface area contributed by atoms with Crippen molar-refractivity contribution in [1.82, 2.24) is 0 Å². The van der Waals surface area contributed by atoms with Crippen molar-refractivity contribution < 1.29 is 9.21 Å². The Kier molecular flexibility index (Phi) is 3.99. The fourth-order valence-electron chi connectivity index (χ4n) is 2.23. The van der Waals surface area contributed by atoms with Crippen molar-refractivity contribution in [1.29, 1.82) is 5.26 Å². The number of carbonyl (C=O) groups is 1. The highest BCUT2D eigenvalue weighted by molar-refractivity contribution is 6.07. The molecule has 21 heavy (non-hydrogen) atoms. The van der Waals surface area contributed by atoms with Gasteiger partial charge in [0.25, 0.3) is 0 Å². The molecule has 1 aromatic heterocycles. The highest BCUT2D eigenvalue weighted by atomic mass is 16.3. The van der Waals surface area contributed by atoms with Crippen LogP contribution in [-0.4, -0.2) is 5.78 Å². The van der Waals surface area contributed by atoms with E-state index >= 15 is 0 Å². The minimum absolute atomic E-state index is 0.155. The molecule has 1 aromatic carbocycles. The van der Waals surface area contributed by atoms with Crippen LogP contribution in [0.15, 0.2) is 34.3 Å². The maximum absolute atomic E-state index is 12.3. The van der Waals surface area contributed by atoms with Gasteiger partial charge in [-0.1, -0.05) is 45.9 Å². The predicted molar refractivity (Wildman–Crippen MR) is 83.6 cm³/mol. The lowest BCUT2D eigenvalue weighted by atomic mass is 9.86. The Labute approximate surface area is 124 Å². The van der Waals surface area contributed by atoms with Crippen LogP contribution in [0, 0.1) is 16.7 Å². The molecule has 0 unspecified atom stereocenters. The molecule has 1 heterocycles. The van der Waals surface area contributed by atoms with Gasteiger partial charge >= 0.3 is 0 Å². The van der Waals surface area contributed by atoms with Gasteiger partial charge < -0.3 is 4.42 Å². The Hall–Kier alpha value is -2.34. The first-order chi connectivity index (χ1) is 9.88. The zero-order valence-corrected chi connectivity index (χ0v) is 12.9. The van der Waals surface area contributed by atoms with E-state index in [2.05, 4.69) is 0 Å². The van der Waals surface area contributed by atoms with Gasteiger partial charge in [-0.15, -0.1) is 0 Å². The first-order valence-electron chi connectivity index (χ1n) is 7.05. The van der Waals surface area contributed by atoms with Crippen LogP contribution in [0.5, 0.6) is 0 Å². The Morgan fingerprint density at radius 1 is 1.33 bits per heavy atom. The summed E-state index contributed by atoms with van der Waals surface area (Å²) in [6.45, 7) is 7.44. The van der Waals surface area contributed by atoms with Crippen LogP contribution in [0.3, 0.4) is 0 Å². The van der Waals surface area contributed by atoms with Gasteiger partial charge in [-0.25, -0.2) is 0 Å². The number of benzene rings is 1. The second-order valence-electron chi connectivity index (χ2n) is 6.04. The second kappa shape index (κ2) is 5.57. The van der Waals surface area contributed by atoms with Gasteiger partial charge in [-0.2, -0.15) is 5.26 Å². The number of rotatable bonds is 3. The summed E-state index contributed by atoms with van der Waals surface area (Å²) in [6.07, 6.45) is 2.38. The maximum atomic E-state index is 12.3. The molecule has 3 nitrogen and oxygen atoms in total. The highest BCUT2D eigenvalue weighted by Gasteiger charge is 2.25. The molecule has 0 bridgehead atoms. The lowest BCUT2D eigenvalue weighted by molar-refractivity contribution is -0.121. The van der Waals surface area contributed by atoms with Gasteiger partial charge in [0.15, 0.2) is 5.78 Å². The van der Waals surface area contributed by atoms with E-state index in [9.17, 15) is 10.1 Å². The molecule has 0 amide bonds. The van der Waals surface area contributed by atoms with E-state index in [1.807, 2.05) is 58.0 Å². The monoisotopic (exact) mass is 281 g/mol. The fourth-order valence-corrected chi connectivity index (χ4v) is 2.23. The van der Waals surface area contributed by atoms with E-state index in [4.69, 9.17) is 4.42 Å². The predicted octanol–water partition coefficient (Wildman–Crippen LogP) is 4.52. The van der Waals surface area contributed by atoms with E-state index in [-0.39, 0.29) is 11.4 Å². The normalized spacial score (nSPS) is 12.4. The molecule has 0 atom stereocenters. The zero-order valence-electron chi connectivity index (χ0n) is 12.9. The number of allylic oxidation sites excluding steroid dienone is 1. The van der Waals surface area contributed by atoms with Crippen LogP contribution in [0.1, 0.15) is 39.0 Å². The number of fused-ring (bicyclic) bond motifs is 1. The Morgan fingerprint density at radius 2 is 2.00 bits per heavy atom. The number of hydrogen-bond donors (Lipinski definition) is 0. The molecule has 3 heteroatoms. The summed E-state index contributed by atoms with van der Waals surface area (Å²) in [5.41, 5.74) is 1.21. The lowest BCUT2D eigenvalue weighted by Gasteiger charge is -2.15. The van der Waals surface area contributed by atoms with E-state index in [1.165, 1.54) is 0 Å². The Bertz CT molecular complexity index is 752. The Morgan fingerprint density at radius 3 is 2.57 bits per heavy atom. The van der Waals surface area contributed by atoms with E-state index in [0.717, 1.165) is 22.3 Å². The van der Waals surface area contributed by atoms with Gasteiger partial charge in [0, 0.05) is 22.8 Å². The van der Waals surface area contributed by atoms with Gasteiger partial charge in [0.1, 0.15) is 17.4 Å². The molecule has 0 saturated carbocycles. The van der Waals surface area contributed by atoms with Crippen molar-refractivity contribution in [2.24, 2.45) is 5.41 Å². The number of ketones is 1. The number of carbonyl (C=O) groups excluding carboxylic acids is 1. The third-order valence-electron chi connectivity index (χ3n) is 3.37. The summed E-state index contributed by atoms with van der Waals surface area (Å²) in [6, 6.07) is 9.70. The van der Waals surface area contributed by atoms with Gasteiger partial charge in [0.2, 0.25) is 0 Å². The molecule has 0 aliphatic heterocycles. The summed E-state index contributed by atoms with van der Waals surface area (Å²) in [4.78, 5) is 12.3. The topological polar surface area (TPSA) is 54.0 Å².